The fraction of sp³-hybridized carbons (Fsp3) is 0.438. The average Bonchev–Trinajstić information content (AvgIpc) is 2.76. The molecular formula is C16H18Cl2N2O4. The summed E-state index contributed by atoms with van der Waals surface area (Å²) in [5.74, 6) is -1.52. The number of benzene rings is 1. The Bertz CT molecular complexity index is 652. The molecule has 3 amide bonds. The first-order chi connectivity index (χ1) is 11.3. The lowest BCUT2D eigenvalue weighted by Crippen LogP contribution is -2.49. The van der Waals surface area contributed by atoms with Crippen LogP contribution in [0.3, 0.4) is 0 Å². The molecule has 0 bridgehead atoms. The number of amides is 3. The van der Waals surface area contributed by atoms with E-state index in [0.29, 0.717) is 13.0 Å². The molecule has 0 fully saturated rings. The van der Waals surface area contributed by atoms with Crippen LogP contribution in [0.1, 0.15) is 41.0 Å². The molecule has 1 aromatic rings. The maximum atomic E-state index is 12.5. The molecule has 24 heavy (non-hydrogen) atoms. The van der Waals surface area contributed by atoms with Crippen molar-refractivity contribution in [2.45, 2.75) is 32.4 Å². The Morgan fingerprint density at radius 1 is 1.17 bits per heavy atom. The van der Waals surface area contributed by atoms with Crippen molar-refractivity contribution in [1.82, 2.24) is 10.2 Å². The Kier molecular flexibility index (Phi) is 5.85. The SMILES string of the molecule is COCC[C@H](C)NC(=O)[C@@H](C)N1C(=O)c2cc(Cl)c(Cl)cc2C1=O. The van der Waals surface area contributed by atoms with E-state index in [4.69, 9.17) is 27.9 Å². The number of ether oxygens (including phenoxy) is 1. The van der Waals surface area contributed by atoms with Gasteiger partial charge in [0.15, 0.2) is 0 Å². The Morgan fingerprint density at radius 2 is 1.67 bits per heavy atom. The Balaban J connectivity index is 2.16. The summed E-state index contributed by atoms with van der Waals surface area (Å²) in [6.07, 6.45) is 0.627. The van der Waals surface area contributed by atoms with Crippen molar-refractivity contribution in [2.75, 3.05) is 13.7 Å². The summed E-state index contributed by atoms with van der Waals surface area (Å²) >= 11 is 11.8. The van der Waals surface area contributed by atoms with Gasteiger partial charge in [-0.15, -0.1) is 0 Å². The van der Waals surface area contributed by atoms with Gasteiger partial charge in [0.2, 0.25) is 5.91 Å². The molecule has 6 nitrogen and oxygen atoms in total. The van der Waals surface area contributed by atoms with Crippen molar-refractivity contribution in [2.24, 2.45) is 0 Å². The van der Waals surface area contributed by atoms with Crippen molar-refractivity contribution in [3.05, 3.63) is 33.3 Å². The lowest BCUT2D eigenvalue weighted by Gasteiger charge is -2.23. The Hall–Kier alpha value is -1.63. The van der Waals surface area contributed by atoms with Crippen LogP contribution in [0.15, 0.2) is 12.1 Å². The average molecular weight is 373 g/mol. The van der Waals surface area contributed by atoms with E-state index >= 15 is 0 Å². The van der Waals surface area contributed by atoms with E-state index in [2.05, 4.69) is 5.32 Å². The first kappa shape index (κ1) is 18.7. The summed E-state index contributed by atoms with van der Waals surface area (Å²) in [5, 5.41) is 3.13. The highest BCUT2D eigenvalue weighted by molar-refractivity contribution is 6.43. The van der Waals surface area contributed by atoms with Gasteiger partial charge in [0.25, 0.3) is 11.8 Å². The van der Waals surface area contributed by atoms with Crippen LogP contribution in [-0.2, 0) is 9.53 Å². The number of fused-ring (bicyclic) bond motifs is 1. The second-order valence-electron chi connectivity index (χ2n) is 5.66. The van der Waals surface area contributed by atoms with Crippen molar-refractivity contribution >= 4 is 40.9 Å². The molecule has 0 aliphatic carbocycles. The summed E-state index contributed by atoms with van der Waals surface area (Å²) in [6, 6.07) is 1.62. The maximum Gasteiger partial charge on any atom is 0.262 e. The van der Waals surface area contributed by atoms with Gasteiger partial charge in [-0.25, -0.2) is 0 Å². The van der Waals surface area contributed by atoms with Crippen molar-refractivity contribution in [3.63, 3.8) is 0 Å². The molecule has 0 unspecified atom stereocenters. The van der Waals surface area contributed by atoms with Crippen molar-refractivity contribution in [3.8, 4) is 0 Å². The molecule has 2 rings (SSSR count). The van der Waals surface area contributed by atoms with Crippen LogP contribution in [0, 0.1) is 0 Å². The molecule has 1 heterocycles. The fourth-order valence-electron chi connectivity index (χ4n) is 2.45. The Morgan fingerprint density at radius 3 is 2.12 bits per heavy atom. The molecule has 2 atom stereocenters. The normalized spacial score (nSPS) is 16.1. The van der Waals surface area contributed by atoms with Crippen LogP contribution >= 0.6 is 23.2 Å². The number of carbonyl (C=O) groups excluding carboxylic acids is 3. The largest absolute Gasteiger partial charge is 0.385 e. The van der Waals surface area contributed by atoms with E-state index in [9.17, 15) is 14.4 Å². The van der Waals surface area contributed by atoms with Crippen LogP contribution in [0.4, 0.5) is 0 Å². The van der Waals surface area contributed by atoms with E-state index < -0.39 is 23.8 Å². The molecule has 0 aromatic heterocycles. The molecule has 0 saturated heterocycles. The molecule has 0 saturated carbocycles. The summed E-state index contributed by atoms with van der Waals surface area (Å²) in [5.41, 5.74) is 0.308. The van der Waals surface area contributed by atoms with Crippen LogP contribution in [0.2, 0.25) is 10.0 Å². The topological polar surface area (TPSA) is 75.7 Å². The van der Waals surface area contributed by atoms with E-state index in [1.807, 2.05) is 6.92 Å². The summed E-state index contributed by atoms with van der Waals surface area (Å²) in [6.45, 7) is 3.83. The summed E-state index contributed by atoms with van der Waals surface area (Å²) in [4.78, 5) is 38.2. The Labute approximate surface area is 150 Å². The van der Waals surface area contributed by atoms with Gasteiger partial charge in [0.05, 0.1) is 21.2 Å². The second-order valence-corrected chi connectivity index (χ2v) is 6.47. The lowest BCUT2D eigenvalue weighted by atomic mass is 10.1. The number of imide groups is 1. The predicted octanol–water partition coefficient (Wildman–Crippen LogP) is 2.52. The third-order valence-corrected chi connectivity index (χ3v) is 4.59. The zero-order chi connectivity index (χ0) is 18.0. The van der Waals surface area contributed by atoms with Crippen LogP contribution in [0.5, 0.6) is 0 Å². The number of hydrogen-bond acceptors (Lipinski definition) is 4. The first-order valence-electron chi connectivity index (χ1n) is 7.44. The van der Waals surface area contributed by atoms with Gasteiger partial charge in [-0.2, -0.15) is 0 Å². The number of halogens is 2. The zero-order valence-corrected chi connectivity index (χ0v) is 15.1. The third-order valence-electron chi connectivity index (χ3n) is 3.87. The number of hydrogen-bond donors (Lipinski definition) is 1. The molecule has 130 valence electrons. The molecule has 0 radical (unpaired) electrons. The van der Waals surface area contributed by atoms with Crippen LogP contribution < -0.4 is 5.32 Å². The number of nitrogens with zero attached hydrogens (tertiary/aromatic N) is 1. The van der Waals surface area contributed by atoms with Gasteiger partial charge >= 0.3 is 0 Å². The van der Waals surface area contributed by atoms with E-state index in [1.54, 1.807) is 7.11 Å². The lowest BCUT2D eigenvalue weighted by molar-refractivity contribution is -0.125. The summed E-state index contributed by atoms with van der Waals surface area (Å²) in [7, 11) is 1.58. The number of nitrogens with one attached hydrogen (secondary N) is 1. The van der Waals surface area contributed by atoms with Crippen molar-refractivity contribution < 1.29 is 19.1 Å². The molecule has 0 spiro atoms. The van der Waals surface area contributed by atoms with Gasteiger partial charge in [-0.1, -0.05) is 23.2 Å². The quantitative estimate of drug-likeness (QED) is 0.778. The van der Waals surface area contributed by atoms with Gasteiger partial charge in [0, 0.05) is 19.8 Å². The van der Waals surface area contributed by atoms with Gasteiger partial charge in [-0.3, -0.25) is 19.3 Å². The maximum absolute atomic E-state index is 12.5. The minimum atomic E-state index is -0.944. The molecule has 8 heteroatoms. The van der Waals surface area contributed by atoms with Gasteiger partial charge < -0.3 is 10.1 Å². The monoisotopic (exact) mass is 372 g/mol. The molecule has 1 aliphatic rings. The third kappa shape index (κ3) is 3.55. The van der Waals surface area contributed by atoms with E-state index in [1.165, 1.54) is 19.1 Å². The minimum Gasteiger partial charge on any atom is -0.385 e. The fourth-order valence-corrected chi connectivity index (χ4v) is 2.78. The predicted molar refractivity (Wildman–Crippen MR) is 90.5 cm³/mol. The van der Waals surface area contributed by atoms with E-state index in [-0.39, 0.29) is 27.2 Å². The summed E-state index contributed by atoms with van der Waals surface area (Å²) < 4.78 is 4.96. The molecular weight excluding hydrogens is 355 g/mol. The molecule has 1 aromatic carbocycles. The number of carbonyl (C=O) groups is 3. The second kappa shape index (κ2) is 7.51. The van der Waals surface area contributed by atoms with Crippen LogP contribution in [-0.4, -0.2) is 48.4 Å². The number of methoxy groups -OCH3 is 1. The van der Waals surface area contributed by atoms with Crippen LogP contribution in [0.25, 0.3) is 0 Å². The molecule has 1 aliphatic heterocycles. The molecule has 1 N–H and O–H groups in total. The number of rotatable bonds is 6. The standard InChI is InChI=1S/C16H18Cl2N2O4/c1-8(4-5-24-3)19-14(21)9(2)20-15(22)10-6-12(17)13(18)7-11(10)16(20)23/h6-9H,4-5H2,1-3H3,(H,19,21)/t8-,9+/m0/s1. The minimum absolute atomic E-state index is 0.140. The smallest absolute Gasteiger partial charge is 0.262 e. The highest BCUT2D eigenvalue weighted by atomic mass is 35.5. The van der Waals surface area contributed by atoms with Crippen molar-refractivity contribution in [1.29, 1.82) is 0 Å². The highest BCUT2D eigenvalue weighted by Gasteiger charge is 2.41. The zero-order valence-electron chi connectivity index (χ0n) is 13.6. The first-order valence-corrected chi connectivity index (χ1v) is 8.19. The van der Waals surface area contributed by atoms with E-state index in [0.717, 1.165) is 4.90 Å². The highest BCUT2D eigenvalue weighted by Crippen LogP contribution is 2.32. The van der Waals surface area contributed by atoms with Gasteiger partial charge in [-0.05, 0) is 32.4 Å². The van der Waals surface area contributed by atoms with Gasteiger partial charge in [0.1, 0.15) is 6.04 Å².